The van der Waals surface area contributed by atoms with E-state index in [9.17, 15) is 5.26 Å². The van der Waals surface area contributed by atoms with E-state index in [0.717, 1.165) is 17.8 Å². The summed E-state index contributed by atoms with van der Waals surface area (Å²) in [6.07, 6.45) is 21.4. The summed E-state index contributed by atoms with van der Waals surface area (Å²) in [6, 6.07) is 2.54. The Balaban J connectivity index is 1.71. The van der Waals surface area contributed by atoms with E-state index >= 15 is 0 Å². The minimum atomic E-state index is 0.367. The van der Waals surface area contributed by atoms with Crippen molar-refractivity contribution in [3.05, 3.63) is 0 Å². The zero-order valence-corrected chi connectivity index (χ0v) is 15.4. The van der Waals surface area contributed by atoms with Gasteiger partial charge in [-0.3, -0.25) is 0 Å². The van der Waals surface area contributed by atoms with E-state index in [-0.39, 0.29) is 0 Å². The predicted molar refractivity (Wildman–Crippen MR) is 96.9 cm³/mol. The molecule has 0 spiro atoms. The average molecular weight is 316 g/mol. The monoisotopic (exact) mass is 315 g/mol. The van der Waals surface area contributed by atoms with Crippen LogP contribution in [0.2, 0.25) is 0 Å². The molecule has 0 heterocycles. The highest BCUT2D eigenvalue weighted by atomic mass is 14.5. The zero-order valence-electron chi connectivity index (χ0n) is 15.4. The van der Waals surface area contributed by atoms with Crippen LogP contribution in [0.25, 0.3) is 0 Å². The Labute approximate surface area is 144 Å². The highest BCUT2D eigenvalue weighted by molar-refractivity contribution is 4.99. The number of hydrogen-bond acceptors (Lipinski definition) is 1. The molecule has 0 radical (unpaired) electrons. The van der Waals surface area contributed by atoms with Crippen molar-refractivity contribution in [2.24, 2.45) is 29.1 Å². The molecule has 23 heavy (non-hydrogen) atoms. The molecule has 130 valence electrons. The normalized spacial score (nSPS) is 39.7. The molecule has 0 aromatic carbocycles. The predicted octanol–water partition coefficient (Wildman–Crippen LogP) is 6.87. The van der Waals surface area contributed by atoms with Gasteiger partial charge in [-0.2, -0.15) is 5.26 Å². The molecule has 1 nitrogen and oxygen atoms in total. The van der Waals surface area contributed by atoms with E-state index in [4.69, 9.17) is 0 Å². The van der Waals surface area contributed by atoms with Crippen molar-refractivity contribution in [1.82, 2.24) is 0 Å². The van der Waals surface area contributed by atoms with Crippen LogP contribution in [0.5, 0.6) is 0 Å². The molecule has 0 atom stereocenters. The Morgan fingerprint density at radius 2 is 1.43 bits per heavy atom. The number of rotatable bonds is 4. The quantitative estimate of drug-likeness (QED) is 0.555. The van der Waals surface area contributed by atoms with Crippen molar-refractivity contribution in [3.63, 3.8) is 0 Å². The van der Waals surface area contributed by atoms with E-state index in [1.54, 1.807) is 0 Å². The van der Waals surface area contributed by atoms with Crippen LogP contribution in [-0.4, -0.2) is 0 Å². The van der Waals surface area contributed by atoms with Crippen LogP contribution < -0.4 is 0 Å². The molecule has 0 amide bonds. The molecular weight excluding hydrogens is 278 g/mol. The summed E-state index contributed by atoms with van der Waals surface area (Å²) in [5, 5.41) is 9.24. The van der Waals surface area contributed by atoms with Gasteiger partial charge in [0.25, 0.3) is 0 Å². The second-order valence-electron chi connectivity index (χ2n) is 8.98. The molecule has 3 fully saturated rings. The average Bonchev–Trinajstić information content (AvgIpc) is 2.64. The van der Waals surface area contributed by atoms with Gasteiger partial charge in [0.15, 0.2) is 0 Å². The van der Waals surface area contributed by atoms with E-state index in [2.05, 4.69) is 13.0 Å². The van der Waals surface area contributed by atoms with Gasteiger partial charge in [-0.25, -0.2) is 0 Å². The first-order valence-electron chi connectivity index (χ1n) is 10.7. The molecular formula is C22H37N. The third kappa shape index (κ3) is 3.78. The third-order valence-corrected chi connectivity index (χ3v) is 7.87. The lowest BCUT2D eigenvalue weighted by atomic mass is 9.52. The topological polar surface area (TPSA) is 23.8 Å². The van der Waals surface area contributed by atoms with Crippen molar-refractivity contribution in [2.75, 3.05) is 0 Å². The number of nitrogens with zero attached hydrogens (tertiary/aromatic N) is 1. The van der Waals surface area contributed by atoms with Crippen molar-refractivity contribution in [2.45, 2.75) is 103 Å². The van der Waals surface area contributed by atoms with Crippen LogP contribution in [0.1, 0.15) is 103 Å². The van der Waals surface area contributed by atoms with Gasteiger partial charge in [0.1, 0.15) is 0 Å². The standard InChI is InChI=1S/C22H37N/c1-2-6-18-13-15-22(16-14-18,20-7-4-3-5-8-20)21-11-9-19(17-23)10-12-21/h18-21H,2-16H2,1H3. The maximum absolute atomic E-state index is 9.24. The molecule has 0 aromatic rings. The minimum absolute atomic E-state index is 0.367. The first-order valence-corrected chi connectivity index (χ1v) is 10.7. The Bertz CT molecular complexity index is 385. The van der Waals surface area contributed by atoms with Gasteiger partial charge in [0.2, 0.25) is 0 Å². The fraction of sp³-hybridized carbons (Fsp3) is 0.955. The summed E-state index contributed by atoms with van der Waals surface area (Å²) in [5.41, 5.74) is 0.672. The van der Waals surface area contributed by atoms with Crippen LogP contribution in [0.15, 0.2) is 0 Å². The third-order valence-electron chi connectivity index (χ3n) is 7.87. The Hall–Kier alpha value is -0.510. The van der Waals surface area contributed by atoms with Crippen molar-refractivity contribution >= 4 is 0 Å². The minimum Gasteiger partial charge on any atom is -0.198 e. The molecule has 1 heteroatoms. The summed E-state index contributed by atoms with van der Waals surface area (Å²) in [7, 11) is 0. The molecule has 0 aromatic heterocycles. The molecule has 3 saturated carbocycles. The van der Waals surface area contributed by atoms with Gasteiger partial charge in [-0.05, 0) is 87.4 Å². The summed E-state index contributed by atoms with van der Waals surface area (Å²) in [4.78, 5) is 0. The fourth-order valence-corrected chi connectivity index (χ4v) is 6.54. The van der Waals surface area contributed by atoms with Crippen LogP contribution >= 0.6 is 0 Å². The second-order valence-corrected chi connectivity index (χ2v) is 8.98. The van der Waals surface area contributed by atoms with E-state index in [1.807, 2.05) is 0 Å². The van der Waals surface area contributed by atoms with Crippen molar-refractivity contribution < 1.29 is 0 Å². The highest BCUT2D eigenvalue weighted by Crippen LogP contribution is 2.57. The molecule has 3 rings (SSSR count). The van der Waals surface area contributed by atoms with Crippen molar-refractivity contribution in [1.29, 1.82) is 5.26 Å². The molecule has 0 bridgehead atoms. The summed E-state index contributed by atoms with van der Waals surface area (Å²) in [5.74, 6) is 3.35. The summed E-state index contributed by atoms with van der Waals surface area (Å²) < 4.78 is 0. The van der Waals surface area contributed by atoms with Gasteiger partial charge in [-0.15, -0.1) is 0 Å². The Morgan fingerprint density at radius 3 is 2.00 bits per heavy atom. The smallest absolute Gasteiger partial charge is 0.0655 e. The van der Waals surface area contributed by atoms with E-state index in [1.165, 1.54) is 96.3 Å². The van der Waals surface area contributed by atoms with Gasteiger partial charge >= 0.3 is 0 Å². The van der Waals surface area contributed by atoms with Gasteiger partial charge < -0.3 is 0 Å². The first-order chi connectivity index (χ1) is 11.3. The maximum atomic E-state index is 9.24. The first kappa shape index (κ1) is 17.3. The second kappa shape index (κ2) is 8.04. The Kier molecular flexibility index (Phi) is 6.06. The lowest BCUT2D eigenvalue weighted by molar-refractivity contribution is -0.0288. The van der Waals surface area contributed by atoms with Crippen LogP contribution in [-0.2, 0) is 0 Å². The lowest BCUT2D eigenvalue weighted by Crippen LogP contribution is -2.43. The number of nitriles is 1. The van der Waals surface area contributed by atoms with E-state index in [0.29, 0.717) is 11.3 Å². The Morgan fingerprint density at radius 1 is 0.826 bits per heavy atom. The van der Waals surface area contributed by atoms with Gasteiger partial charge in [0.05, 0.1) is 6.07 Å². The van der Waals surface area contributed by atoms with Crippen molar-refractivity contribution in [3.8, 4) is 6.07 Å². The molecule has 0 unspecified atom stereocenters. The summed E-state index contributed by atoms with van der Waals surface area (Å²) in [6.45, 7) is 2.35. The molecule has 0 aliphatic heterocycles. The maximum Gasteiger partial charge on any atom is 0.0655 e. The largest absolute Gasteiger partial charge is 0.198 e. The number of hydrogen-bond donors (Lipinski definition) is 0. The summed E-state index contributed by atoms with van der Waals surface area (Å²) >= 11 is 0. The van der Waals surface area contributed by atoms with Crippen LogP contribution in [0, 0.1) is 40.4 Å². The SMILES string of the molecule is CCCC1CCC(C2CCCCC2)(C2CCC(C#N)CC2)CC1. The van der Waals surface area contributed by atoms with E-state index < -0.39 is 0 Å². The molecule has 3 aliphatic rings. The molecule has 0 saturated heterocycles. The molecule has 3 aliphatic carbocycles. The van der Waals surface area contributed by atoms with Crippen LogP contribution in [0.3, 0.4) is 0 Å². The molecule has 0 N–H and O–H groups in total. The van der Waals surface area contributed by atoms with Crippen LogP contribution in [0.4, 0.5) is 0 Å². The zero-order chi connectivity index (χ0) is 16.1. The lowest BCUT2D eigenvalue weighted by Gasteiger charge is -2.53. The highest BCUT2D eigenvalue weighted by Gasteiger charge is 2.47. The van der Waals surface area contributed by atoms with Gasteiger partial charge in [0, 0.05) is 5.92 Å². The van der Waals surface area contributed by atoms with Gasteiger partial charge in [-0.1, -0.05) is 39.0 Å². The fourth-order valence-electron chi connectivity index (χ4n) is 6.54.